The van der Waals surface area contributed by atoms with E-state index in [2.05, 4.69) is 16.2 Å². The minimum Gasteiger partial charge on any atom is -0.429 e. The third kappa shape index (κ3) is 3.58. The molecule has 0 amide bonds. The third-order valence-corrected chi connectivity index (χ3v) is 4.80. The van der Waals surface area contributed by atoms with Crippen LogP contribution in [0.5, 0.6) is 11.7 Å². The van der Waals surface area contributed by atoms with Crippen molar-refractivity contribution >= 4 is 0 Å². The van der Waals surface area contributed by atoms with Crippen LogP contribution in [0.1, 0.15) is 25.0 Å². The molecule has 4 rings (SSSR count). The van der Waals surface area contributed by atoms with E-state index < -0.39 is 0 Å². The lowest BCUT2D eigenvalue weighted by Crippen LogP contribution is -2.41. The Bertz CT molecular complexity index is 628. The summed E-state index contributed by atoms with van der Waals surface area (Å²) >= 11 is 0. The lowest BCUT2D eigenvalue weighted by Gasteiger charge is -2.31. The summed E-state index contributed by atoms with van der Waals surface area (Å²) in [4.78, 5) is 0. The molecular formula is C18H23N3O2. The van der Waals surface area contributed by atoms with Gasteiger partial charge >= 0.3 is 0 Å². The van der Waals surface area contributed by atoms with E-state index in [1.165, 1.54) is 19.3 Å². The smallest absolute Gasteiger partial charge is 0.290 e. The van der Waals surface area contributed by atoms with E-state index >= 15 is 0 Å². The van der Waals surface area contributed by atoms with Crippen molar-refractivity contribution in [3.63, 3.8) is 0 Å². The van der Waals surface area contributed by atoms with Gasteiger partial charge in [-0.05, 0) is 43.4 Å². The van der Waals surface area contributed by atoms with Crippen LogP contribution >= 0.6 is 0 Å². The lowest BCUT2D eigenvalue weighted by molar-refractivity contribution is 0.261. The predicted molar refractivity (Wildman–Crippen MR) is 88.1 cm³/mol. The molecule has 1 aromatic heterocycles. The highest BCUT2D eigenvalue weighted by Crippen LogP contribution is 2.27. The first-order valence-electron chi connectivity index (χ1n) is 8.40. The maximum atomic E-state index is 5.76. The number of nitrogens with one attached hydrogen (secondary N) is 3. The molecule has 0 bridgehead atoms. The van der Waals surface area contributed by atoms with Crippen molar-refractivity contribution in [3.8, 4) is 11.7 Å². The Morgan fingerprint density at radius 2 is 2.04 bits per heavy atom. The molecule has 5 heteroatoms. The fourth-order valence-corrected chi connectivity index (χ4v) is 3.54. The van der Waals surface area contributed by atoms with Crippen LogP contribution in [-0.4, -0.2) is 18.6 Å². The van der Waals surface area contributed by atoms with Crippen LogP contribution < -0.4 is 20.9 Å². The van der Waals surface area contributed by atoms with Gasteiger partial charge in [0.05, 0.1) is 6.54 Å². The standard InChI is InChI=1S/C18H23N3O2/c1-2-4-15(5-3-1)22-18-9-7-16(23-18)12-19-14-6-8-17-13(10-14)11-20-21-17/h1-5,7,9,13-14,17,19-21H,6,8,10-12H2. The summed E-state index contributed by atoms with van der Waals surface area (Å²) in [5, 5.41) is 3.62. The van der Waals surface area contributed by atoms with Crippen molar-refractivity contribution in [1.29, 1.82) is 0 Å². The highest BCUT2D eigenvalue weighted by Gasteiger charge is 2.33. The highest BCUT2D eigenvalue weighted by atomic mass is 16.6. The number of ether oxygens (including phenoxy) is 1. The Kier molecular flexibility index (Phi) is 4.33. The average molecular weight is 313 g/mol. The summed E-state index contributed by atoms with van der Waals surface area (Å²) in [7, 11) is 0. The van der Waals surface area contributed by atoms with Crippen LogP contribution in [0.25, 0.3) is 0 Å². The molecular weight excluding hydrogens is 290 g/mol. The maximum Gasteiger partial charge on any atom is 0.290 e. The minimum absolute atomic E-state index is 0.543. The van der Waals surface area contributed by atoms with Crippen molar-refractivity contribution in [2.24, 2.45) is 5.92 Å². The number of furan rings is 1. The normalized spacial score (nSPS) is 26.9. The molecule has 23 heavy (non-hydrogen) atoms. The van der Waals surface area contributed by atoms with Crippen LogP contribution in [-0.2, 0) is 6.54 Å². The van der Waals surface area contributed by atoms with Crippen LogP contribution in [0.3, 0.4) is 0 Å². The van der Waals surface area contributed by atoms with E-state index in [0.717, 1.165) is 30.5 Å². The largest absolute Gasteiger partial charge is 0.429 e. The fourth-order valence-electron chi connectivity index (χ4n) is 3.54. The molecule has 1 aromatic carbocycles. The first-order chi connectivity index (χ1) is 11.4. The van der Waals surface area contributed by atoms with Gasteiger partial charge in [0.25, 0.3) is 5.95 Å². The van der Waals surface area contributed by atoms with Crippen molar-refractivity contribution < 1.29 is 9.15 Å². The monoisotopic (exact) mass is 313 g/mol. The first-order valence-corrected chi connectivity index (χ1v) is 8.40. The third-order valence-electron chi connectivity index (χ3n) is 4.80. The molecule has 1 aliphatic carbocycles. The fraction of sp³-hybridized carbons (Fsp3) is 0.444. The molecule has 2 heterocycles. The summed E-state index contributed by atoms with van der Waals surface area (Å²) in [6.45, 7) is 1.83. The second kappa shape index (κ2) is 6.74. The molecule has 0 spiro atoms. The molecule has 2 fully saturated rings. The zero-order valence-electron chi connectivity index (χ0n) is 13.1. The van der Waals surface area contributed by atoms with Crippen molar-refractivity contribution in [2.45, 2.75) is 37.9 Å². The Morgan fingerprint density at radius 1 is 1.13 bits per heavy atom. The Morgan fingerprint density at radius 3 is 2.96 bits per heavy atom. The van der Waals surface area contributed by atoms with Crippen LogP contribution in [0.4, 0.5) is 0 Å². The summed E-state index contributed by atoms with van der Waals surface area (Å²) in [5.41, 5.74) is 6.64. The molecule has 3 unspecified atom stereocenters. The zero-order chi connectivity index (χ0) is 15.5. The Hall–Kier alpha value is -1.82. The molecule has 1 saturated heterocycles. The van der Waals surface area contributed by atoms with E-state index in [1.54, 1.807) is 0 Å². The Labute approximate surface area is 136 Å². The summed E-state index contributed by atoms with van der Waals surface area (Å²) in [6, 6.07) is 14.8. The van der Waals surface area contributed by atoms with Gasteiger partial charge < -0.3 is 14.5 Å². The van der Waals surface area contributed by atoms with Gasteiger partial charge in [0, 0.05) is 24.7 Å². The van der Waals surface area contributed by atoms with Gasteiger partial charge in [-0.3, -0.25) is 10.9 Å². The SMILES string of the molecule is c1ccc(Oc2ccc(CNC3CCC4NNCC4C3)o2)cc1. The molecule has 122 valence electrons. The number of hydrogen-bond donors (Lipinski definition) is 3. The van der Waals surface area contributed by atoms with Gasteiger partial charge in [0.1, 0.15) is 11.5 Å². The number of hydrazine groups is 1. The van der Waals surface area contributed by atoms with Gasteiger partial charge in [0.15, 0.2) is 0 Å². The molecule has 2 aliphatic rings. The van der Waals surface area contributed by atoms with E-state index in [0.29, 0.717) is 18.0 Å². The van der Waals surface area contributed by atoms with Crippen molar-refractivity contribution in [3.05, 3.63) is 48.2 Å². The highest BCUT2D eigenvalue weighted by molar-refractivity contribution is 5.26. The molecule has 1 saturated carbocycles. The van der Waals surface area contributed by atoms with Crippen molar-refractivity contribution in [1.82, 2.24) is 16.2 Å². The van der Waals surface area contributed by atoms with Gasteiger partial charge in [-0.25, -0.2) is 0 Å². The maximum absolute atomic E-state index is 5.76. The van der Waals surface area contributed by atoms with Crippen LogP contribution in [0, 0.1) is 5.92 Å². The topological polar surface area (TPSA) is 58.5 Å². The van der Waals surface area contributed by atoms with Gasteiger partial charge in [0.2, 0.25) is 0 Å². The summed E-state index contributed by atoms with van der Waals surface area (Å²) in [6.07, 6.45) is 3.67. The van der Waals surface area contributed by atoms with E-state index in [4.69, 9.17) is 9.15 Å². The second-order valence-corrected chi connectivity index (χ2v) is 6.42. The van der Waals surface area contributed by atoms with Gasteiger partial charge in [-0.15, -0.1) is 0 Å². The van der Waals surface area contributed by atoms with E-state index in [1.807, 2.05) is 42.5 Å². The molecule has 2 aromatic rings. The molecule has 3 atom stereocenters. The number of para-hydroxylation sites is 1. The summed E-state index contributed by atoms with van der Waals surface area (Å²) < 4.78 is 11.5. The number of benzene rings is 1. The lowest BCUT2D eigenvalue weighted by atomic mass is 9.83. The van der Waals surface area contributed by atoms with E-state index in [-0.39, 0.29) is 0 Å². The summed E-state index contributed by atoms with van der Waals surface area (Å²) in [5.74, 6) is 3.00. The zero-order valence-corrected chi connectivity index (χ0v) is 13.1. The Balaban J connectivity index is 1.28. The minimum atomic E-state index is 0.543. The number of rotatable bonds is 5. The van der Waals surface area contributed by atoms with Gasteiger partial charge in [-0.1, -0.05) is 18.2 Å². The molecule has 3 N–H and O–H groups in total. The quantitative estimate of drug-likeness (QED) is 0.792. The molecule has 5 nitrogen and oxygen atoms in total. The molecule has 0 radical (unpaired) electrons. The van der Waals surface area contributed by atoms with Crippen molar-refractivity contribution in [2.75, 3.05) is 6.54 Å². The number of fused-ring (bicyclic) bond motifs is 1. The number of hydrogen-bond acceptors (Lipinski definition) is 5. The molecule has 1 aliphatic heterocycles. The van der Waals surface area contributed by atoms with Crippen LogP contribution in [0.15, 0.2) is 46.9 Å². The first kappa shape index (κ1) is 14.8. The van der Waals surface area contributed by atoms with Crippen LogP contribution in [0.2, 0.25) is 0 Å². The second-order valence-electron chi connectivity index (χ2n) is 6.42. The average Bonchev–Trinajstić information content (AvgIpc) is 3.22. The van der Waals surface area contributed by atoms with E-state index in [9.17, 15) is 0 Å². The predicted octanol–water partition coefficient (Wildman–Crippen LogP) is 2.81. The van der Waals surface area contributed by atoms with Gasteiger partial charge in [-0.2, -0.15) is 0 Å².